The first-order valence-electron chi connectivity index (χ1n) is 7.59. The molecule has 19 heavy (non-hydrogen) atoms. The molecule has 1 heterocycles. The Bertz CT molecular complexity index is 328. The van der Waals surface area contributed by atoms with E-state index in [1.807, 2.05) is 0 Å². The lowest BCUT2D eigenvalue weighted by Crippen LogP contribution is -2.41. The van der Waals surface area contributed by atoms with Gasteiger partial charge in [0.15, 0.2) is 0 Å². The summed E-state index contributed by atoms with van der Waals surface area (Å²) in [4.78, 5) is 13.9. The topological polar surface area (TPSA) is 52.6 Å². The van der Waals surface area contributed by atoms with Crippen molar-refractivity contribution in [1.82, 2.24) is 10.2 Å². The zero-order valence-electron chi connectivity index (χ0n) is 11.7. The molecule has 0 aromatic carbocycles. The Kier molecular flexibility index (Phi) is 5.86. The van der Waals surface area contributed by atoms with E-state index in [4.69, 9.17) is 0 Å². The molecule has 1 aliphatic heterocycles. The molecule has 0 spiro atoms. The first-order chi connectivity index (χ1) is 9.29. The van der Waals surface area contributed by atoms with Gasteiger partial charge in [-0.05, 0) is 51.5 Å². The van der Waals surface area contributed by atoms with E-state index in [9.17, 15) is 9.90 Å². The molecule has 1 atom stereocenters. The molecule has 1 amide bonds. The van der Waals surface area contributed by atoms with Gasteiger partial charge in [0, 0.05) is 12.6 Å². The van der Waals surface area contributed by atoms with Crippen LogP contribution in [-0.2, 0) is 4.79 Å². The third-order valence-corrected chi connectivity index (χ3v) is 4.21. The number of amides is 1. The molecular formula is C15H26N2O2. The van der Waals surface area contributed by atoms with E-state index in [1.165, 1.54) is 31.3 Å². The van der Waals surface area contributed by atoms with Crippen molar-refractivity contribution in [3.63, 3.8) is 0 Å². The number of allylic oxidation sites excluding steroid dienone is 1. The van der Waals surface area contributed by atoms with Gasteiger partial charge in [-0.1, -0.05) is 11.6 Å². The summed E-state index contributed by atoms with van der Waals surface area (Å²) in [6.45, 7) is 2.29. The zero-order valence-corrected chi connectivity index (χ0v) is 11.7. The van der Waals surface area contributed by atoms with Crippen LogP contribution < -0.4 is 5.32 Å². The maximum absolute atomic E-state index is 11.8. The van der Waals surface area contributed by atoms with Crippen LogP contribution in [-0.4, -0.2) is 48.2 Å². The van der Waals surface area contributed by atoms with Gasteiger partial charge in [0.1, 0.15) is 0 Å². The molecule has 108 valence electrons. The minimum Gasteiger partial charge on any atom is -0.395 e. The molecule has 0 unspecified atom stereocenters. The van der Waals surface area contributed by atoms with Crippen molar-refractivity contribution >= 4 is 5.91 Å². The second kappa shape index (κ2) is 7.65. The molecule has 0 saturated carbocycles. The second-order valence-corrected chi connectivity index (χ2v) is 5.66. The number of carbonyl (C=O) groups is 1. The summed E-state index contributed by atoms with van der Waals surface area (Å²) >= 11 is 0. The van der Waals surface area contributed by atoms with Crippen LogP contribution in [0.25, 0.3) is 0 Å². The average Bonchev–Trinajstić information content (AvgIpc) is 2.87. The number of rotatable bonds is 6. The molecule has 0 radical (unpaired) electrons. The lowest BCUT2D eigenvalue weighted by molar-refractivity contribution is -0.122. The van der Waals surface area contributed by atoms with Gasteiger partial charge in [-0.2, -0.15) is 0 Å². The average molecular weight is 266 g/mol. The van der Waals surface area contributed by atoms with E-state index in [0.29, 0.717) is 6.54 Å². The minimum atomic E-state index is 0.0942. The molecule has 1 aliphatic carbocycles. The summed E-state index contributed by atoms with van der Waals surface area (Å²) in [5.41, 5.74) is 1.50. The number of carbonyl (C=O) groups excluding carboxylic acids is 1. The molecule has 1 fully saturated rings. The second-order valence-electron chi connectivity index (χ2n) is 5.66. The maximum atomic E-state index is 11.8. The highest BCUT2D eigenvalue weighted by Crippen LogP contribution is 2.19. The van der Waals surface area contributed by atoms with E-state index in [-0.39, 0.29) is 18.6 Å². The molecule has 4 heteroatoms. The zero-order chi connectivity index (χ0) is 13.5. The highest BCUT2D eigenvalue weighted by atomic mass is 16.3. The van der Waals surface area contributed by atoms with E-state index < -0.39 is 0 Å². The molecule has 0 aromatic heterocycles. The number of nitrogens with one attached hydrogen (secondary N) is 1. The molecule has 0 aromatic rings. The predicted octanol–water partition coefficient (Wildman–Crippen LogP) is 1.45. The Hall–Kier alpha value is -0.870. The van der Waals surface area contributed by atoms with Gasteiger partial charge < -0.3 is 10.4 Å². The minimum absolute atomic E-state index is 0.0942. The van der Waals surface area contributed by atoms with Crippen LogP contribution in [0.5, 0.6) is 0 Å². The molecule has 4 nitrogen and oxygen atoms in total. The van der Waals surface area contributed by atoms with Crippen LogP contribution >= 0.6 is 0 Å². The van der Waals surface area contributed by atoms with Gasteiger partial charge in [0.05, 0.1) is 13.2 Å². The normalized spacial score (nSPS) is 24.3. The van der Waals surface area contributed by atoms with Crippen molar-refractivity contribution in [2.75, 3.05) is 26.2 Å². The van der Waals surface area contributed by atoms with Crippen molar-refractivity contribution in [2.45, 2.75) is 51.0 Å². The van der Waals surface area contributed by atoms with E-state index in [1.54, 1.807) is 0 Å². The smallest absolute Gasteiger partial charge is 0.234 e. The summed E-state index contributed by atoms with van der Waals surface area (Å²) in [5, 5.41) is 12.2. The van der Waals surface area contributed by atoms with Gasteiger partial charge in [-0.15, -0.1) is 0 Å². The van der Waals surface area contributed by atoms with Crippen LogP contribution in [0, 0.1) is 0 Å². The van der Waals surface area contributed by atoms with Crippen LogP contribution in [0.2, 0.25) is 0 Å². The number of hydrogen-bond acceptors (Lipinski definition) is 3. The van der Waals surface area contributed by atoms with Crippen molar-refractivity contribution < 1.29 is 9.90 Å². The van der Waals surface area contributed by atoms with E-state index in [0.717, 1.165) is 32.4 Å². The molecule has 1 saturated heterocycles. The van der Waals surface area contributed by atoms with Gasteiger partial charge in [-0.3, -0.25) is 9.69 Å². The van der Waals surface area contributed by atoms with Crippen molar-refractivity contribution in [3.05, 3.63) is 11.6 Å². The highest BCUT2D eigenvalue weighted by Gasteiger charge is 2.25. The van der Waals surface area contributed by atoms with Gasteiger partial charge in [0.2, 0.25) is 5.91 Å². The van der Waals surface area contributed by atoms with Gasteiger partial charge in [-0.25, -0.2) is 0 Å². The maximum Gasteiger partial charge on any atom is 0.234 e. The summed E-state index contributed by atoms with van der Waals surface area (Å²) in [5.74, 6) is 0.0942. The van der Waals surface area contributed by atoms with Crippen LogP contribution in [0.4, 0.5) is 0 Å². The van der Waals surface area contributed by atoms with E-state index >= 15 is 0 Å². The lowest BCUT2D eigenvalue weighted by atomic mass is 9.97. The quantitative estimate of drug-likeness (QED) is 0.716. The van der Waals surface area contributed by atoms with Crippen molar-refractivity contribution in [1.29, 1.82) is 0 Å². The largest absolute Gasteiger partial charge is 0.395 e. The first kappa shape index (κ1) is 14.5. The Morgan fingerprint density at radius 3 is 3.05 bits per heavy atom. The third-order valence-electron chi connectivity index (χ3n) is 4.21. The fourth-order valence-electron chi connectivity index (χ4n) is 3.04. The monoisotopic (exact) mass is 266 g/mol. The summed E-state index contributed by atoms with van der Waals surface area (Å²) < 4.78 is 0. The van der Waals surface area contributed by atoms with Crippen LogP contribution in [0.15, 0.2) is 11.6 Å². The molecule has 2 N–H and O–H groups in total. The number of likely N-dealkylation sites (tertiary alicyclic amines) is 1. The Morgan fingerprint density at radius 1 is 1.42 bits per heavy atom. The number of aliphatic hydroxyl groups is 1. The lowest BCUT2D eigenvalue weighted by Gasteiger charge is -2.22. The number of hydrogen-bond donors (Lipinski definition) is 2. The van der Waals surface area contributed by atoms with Crippen molar-refractivity contribution in [3.8, 4) is 0 Å². The fraction of sp³-hybridized carbons (Fsp3) is 0.800. The summed E-state index contributed by atoms with van der Waals surface area (Å²) in [6, 6.07) is 0.187. The SMILES string of the molecule is O=C(CN1CCC[C@H]1CO)NCCC1=CCCCC1. The fourth-order valence-corrected chi connectivity index (χ4v) is 3.04. The third kappa shape index (κ3) is 4.62. The first-order valence-corrected chi connectivity index (χ1v) is 7.59. The molecule has 2 rings (SSSR count). The summed E-state index contributed by atoms with van der Waals surface area (Å²) in [7, 11) is 0. The Labute approximate surface area is 115 Å². The molecule has 2 aliphatic rings. The number of nitrogens with zero attached hydrogens (tertiary/aromatic N) is 1. The predicted molar refractivity (Wildman–Crippen MR) is 75.9 cm³/mol. The molecule has 0 bridgehead atoms. The Balaban J connectivity index is 1.63. The van der Waals surface area contributed by atoms with Gasteiger partial charge >= 0.3 is 0 Å². The van der Waals surface area contributed by atoms with Crippen LogP contribution in [0.1, 0.15) is 44.9 Å². The molecular weight excluding hydrogens is 240 g/mol. The number of aliphatic hydroxyl groups excluding tert-OH is 1. The standard InChI is InChI=1S/C15H26N2O2/c18-12-14-7-4-10-17(14)11-15(19)16-9-8-13-5-2-1-3-6-13/h5,14,18H,1-4,6-12H2,(H,16,19)/t14-/m0/s1. The van der Waals surface area contributed by atoms with Gasteiger partial charge in [0.25, 0.3) is 0 Å². The summed E-state index contributed by atoms with van der Waals surface area (Å²) in [6.07, 6.45) is 10.4. The Morgan fingerprint density at radius 2 is 2.32 bits per heavy atom. The highest BCUT2D eigenvalue weighted by molar-refractivity contribution is 5.78. The van der Waals surface area contributed by atoms with Crippen LogP contribution in [0.3, 0.4) is 0 Å². The van der Waals surface area contributed by atoms with E-state index in [2.05, 4.69) is 16.3 Å². The van der Waals surface area contributed by atoms with Crippen molar-refractivity contribution in [2.24, 2.45) is 0 Å².